The zero-order valence-corrected chi connectivity index (χ0v) is 20.8. The van der Waals surface area contributed by atoms with Gasteiger partial charge < -0.3 is 20.1 Å². The lowest BCUT2D eigenvalue weighted by molar-refractivity contribution is -0.150. The summed E-state index contributed by atoms with van der Waals surface area (Å²) >= 11 is 0. The molecule has 2 aliphatic rings. The highest BCUT2D eigenvalue weighted by molar-refractivity contribution is 5.87. The third-order valence-corrected chi connectivity index (χ3v) is 7.31. The van der Waals surface area contributed by atoms with Gasteiger partial charge in [-0.05, 0) is 47.4 Å². The Balaban J connectivity index is 1.47. The molecule has 1 saturated heterocycles. The fourth-order valence-corrected chi connectivity index (χ4v) is 5.36. The molecule has 0 aromatic heterocycles. The molecule has 35 heavy (non-hydrogen) atoms. The Kier molecular flexibility index (Phi) is 6.88. The van der Waals surface area contributed by atoms with E-state index in [1.807, 2.05) is 45.0 Å². The number of alkyl carbamates (subject to hydrolysis) is 1. The molecule has 0 radical (unpaired) electrons. The summed E-state index contributed by atoms with van der Waals surface area (Å²) in [6, 6.07) is 14.9. The number of amides is 2. The van der Waals surface area contributed by atoms with E-state index in [4.69, 9.17) is 4.74 Å². The van der Waals surface area contributed by atoms with Gasteiger partial charge in [0.05, 0.1) is 5.92 Å². The number of nitrogens with zero attached hydrogens (tertiary/aromatic N) is 1. The van der Waals surface area contributed by atoms with Gasteiger partial charge in [-0.1, -0.05) is 69.3 Å². The van der Waals surface area contributed by atoms with Crippen molar-refractivity contribution in [3.8, 4) is 11.1 Å². The third-order valence-electron chi connectivity index (χ3n) is 7.31. The molecule has 7 nitrogen and oxygen atoms in total. The second kappa shape index (κ2) is 9.72. The van der Waals surface area contributed by atoms with Gasteiger partial charge in [0, 0.05) is 18.5 Å². The molecule has 7 heteroatoms. The number of carbonyl (C=O) groups is 3. The lowest BCUT2D eigenvalue weighted by Gasteiger charge is -2.41. The van der Waals surface area contributed by atoms with E-state index in [0.29, 0.717) is 19.4 Å². The molecule has 186 valence electrons. The van der Waals surface area contributed by atoms with Crippen molar-refractivity contribution in [2.75, 3.05) is 13.2 Å². The average molecular weight is 479 g/mol. The Morgan fingerprint density at radius 1 is 1.06 bits per heavy atom. The minimum atomic E-state index is -0.896. The molecule has 0 spiro atoms. The summed E-state index contributed by atoms with van der Waals surface area (Å²) in [5, 5.41) is 12.3. The van der Waals surface area contributed by atoms with E-state index in [1.54, 1.807) is 11.8 Å². The molecule has 3 atom stereocenters. The van der Waals surface area contributed by atoms with Crippen molar-refractivity contribution in [2.24, 2.45) is 11.3 Å². The van der Waals surface area contributed by atoms with E-state index >= 15 is 0 Å². The number of nitrogens with one attached hydrogen (secondary N) is 1. The first-order valence-electron chi connectivity index (χ1n) is 12.2. The number of aliphatic carboxylic acids is 1. The SMILES string of the molecule is C[C@@H]1[C@H](C(=O)O)CCCN1C(=O)[C@@H](NC(=O)OCC1c2ccccc2-c2ccccc21)C(C)(C)C. The summed E-state index contributed by atoms with van der Waals surface area (Å²) in [6.45, 7) is 8.03. The van der Waals surface area contributed by atoms with Crippen LogP contribution in [0.2, 0.25) is 0 Å². The van der Waals surface area contributed by atoms with Crippen molar-refractivity contribution in [2.45, 2.75) is 58.5 Å². The number of piperidine rings is 1. The van der Waals surface area contributed by atoms with Crippen LogP contribution in [0.5, 0.6) is 0 Å². The second-order valence-corrected chi connectivity index (χ2v) is 10.6. The minimum Gasteiger partial charge on any atom is -0.481 e. The molecule has 1 aliphatic carbocycles. The number of hydrogen-bond donors (Lipinski definition) is 2. The number of rotatable bonds is 5. The molecule has 2 N–H and O–H groups in total. The van der Waals surface area contributed by atoms with Gasteiger partial charge in [-0.25, -0.2) is 4.79 Å². The number of fused-ring (bicyclic) bond motifs is 3. The molecule has 2 aromatic rings. The first kappa shape index (κ1) is 24.8. The van der Waals surface area contributed by atoms with Crippen LogP contribution in [-0.4, -0.2) is 53.2 Å². The van der Waals surface area contributed by atoms with E-state index in [1.165, 1.54) is 0 Å². The number of ether oxygens (including phenoxy) is 1. The molecule has 2 aromatic carbocycles. The second-order valence-electron chi connectivity index (χ2n) is 10.6. The number of carboxylic acids is 1. The molecule has 0 unspecified atom stereocenters. The van der Waals surface area contributed by atoms with Crippen LogP contribution in [0.15, 0.2) is 48.5 Å². The van der Waals surface area contributed by atoms with E-state index in [2.05, 4.69) is 29.6 Å². The first-order chi connectivity index (χ1) is 16.6. The predicted octanol–water partition coefficient (Wildman–Crippen LogP) is 4.65. The number of hydrogen-bond acceptors (Lipinski definition) is 4. The van der Waals surface area contributed by atoms with Gasteiger partial charge in [-0.15, -0.1) is 0 Å². The smallest absolute Gasteiger partial charge is 0.407 e. The van der Waals surface area contributed by atoms with Crippen LogP contribution in [0.1, 0.15) is 57.6 Å². The van der Waals surface area contributed by atoms with Crippen LogP contribution in [0, 0.1) is 11.3 Å². The van der Waals surface area contributed by atoms with Crippen molar-refractivity contribution in [3.63, 3.8) is 0 Å². The van der Waals surface area contributed by atoms with Crippen molar-refractivity contribution in [1.29, 1.82) is 0 Å². The predicted molar refractivity (Wildman–Crippen MR) is 133 cm³/mol. The number of benzene rings is 2. The first-order valence-corrected chi connectivity index (χ1v) is 12.2. The molecular formula is C28H34N2O5. The number of carbonyl (C=O) groups excluding carboxylic acids is 2. The van der Waals surface area contributed by atoms with Crippen LogP contribution in [0.25, 0.3) is 11.1 Å². The summed E-state index contributed by atoms with van der Waals surface area (Å²) in [5.74, 6) is -1.85. The molecule has 1 fully saturated rings. The molecule has 1 aliphatic heterocycles. The van der Waals surface area contributed by atoms with Gasteiger partial charge in [0.1, 0.15) is 12.6 Å². The molecule has 0 bridgehead atoms. The van der Waals surface area contributed by atoms with Gasteiger partial charge in [-0.2, -0.15) is 0 Å². The van der Waals surface area contributed by atoms with Crippen molar-refractivity contribution < 1.29 is 24.2 Å². The Bertz CT molecular complexity index is 1080. The lowest BCUT2D eigenvalue weighted by Crippen LogP contribution is -2.59. The summed E-state index contributed by atoms with van der Waals surface area (Å²) < 4.78 is 5.67. The van der Waals surface area contributed by atoms with Gasteiger partial charge in [-0.3, -0.25) is 9.59 Å². The highest BCUT2D eigenvalue weighted by atomic mass is 16.5. The van der Waals surface area contributed by atoms with Crippen molar-refractivity contribution in [1.82, 2.24) is 10.2 Å². The highest BCUT2D eigenvalue weighted by Crippen LogP contribution is 2.44. The topological polar surface area (TPSA) is 95.9 Å². The minimum absolute atomic E-state index is 0.0737. The fraction of sp³-hybridized carbons (Fsp3) is 0.464. The van der Waals surface area contributed by atoms with Crippen LogP contribution < -0.4 is 5.32 Å². The molecular weight excluding hydrogens is 444 g/mol. The monoisotopic (exact) mass is 478 g/mol. The van der Waals surface area contributed by atoms with Gasteiger partial charge in [0.2, 0.25) is 5.91 Å². The quantitative estimate of drug-likeness (QED) is 0.652. The maximum atomic E-state index is 13.5. The molecule has 1 heterocycles. The zero-order valence-electron chi connectivity index (χ0n) is 20.8. The number of likely N-dealkylation sites (tertiary alicyclic amines) is 1. The zero-order chi connectivity index (χ0) is 25.3. The molecule has 0 saturated carbocycles. The van der Waals surface area contributed by atoms with E-state index < -0.39 is 35.5 Å². The lowest BCUT2D eigenvalue weighted by atomic mass is 9.83. The summed E-state index contributed by atoms with van der Waals surface area (Å²) in [4.78, 5) is 39.7. The van der Waals surface area contributed by atoms with Crippen LogP contribution in [0.4, 0.5) is 4.79 Å². The van der Waals surface area contributed by atoms with Crippen LogP contribution in [-0.2, 0) is 14.3 Å². The standard InChI is InChI=1S/C28H34N2O5/c1-17-18(26(32)33)14-9-15-30(17)25(31)24(28(2,3)4)29-27(34)35-16-23-21-12-7-5-10-19(21)20-11-6-8-13-22(20)23/h5-8,10-13,17-18,23-24H,9,14-16H2,1-4H3,(H,29,34)(H,32,33)/t17-,18-,24-/m1/s1. The molecule has 4 rings (SSSR count). The summed E-state index contributed by atoms with van der Waals surface area (Å²) in [6.07, 6.45) is 0.509. The molecule has 2 amide bonds. The van der Waals surface area contributed by atoms with Crippen molar-refractivity contribution in [3.05, 3.63) is 59.7 Å². The van der Waals surface area contributed by atoms with E-state index in [9.17, 15) is 19.5 Å². The van der Waals surface area contributed by atoms with Gasteiger partial charge in [0.25, 0.3) is 0 Å². The van der Waals surface area contributed by atoms with Crippen molar-refractivity contribution >= 4 is 18.0 Å². The van der Waals surface area contributed by atoms with Gasteiger partial charge in [0.15, 0.2) is 0 Å². The normalized spacial score (nSPS) is 20.5. The van der Waals surface area contributed by atoms with E-state index in [0.717, 1.165) is 22.3 Å². The number of carboxylic acid groups (broad SMARTS) is 1. The van der Waals surface area contributed by atoms with E-state index in [-0.39, 0.29) is 18.4 Å². The maximum Gasteiger partial charge on any atom is 0.407 e. The summed E-state index contributed by atoms with van der Waals surface area (Å²) in [5.41, 5.74) is 3.94. The Hall–Kier alpha value is -3.35. The Morgan fingerprint density at radius 2 is 1.63 bits per heavy atom. The maximum absolute atomic E-state index is 13.5. The fourth-order valence-electron chi connectivity index (χ4n) is 5.36. The highest BCUT2D eigenvalue weighted by Gasteiger charge is 2.42. The largest absolute Gasteiger partial charge is 0.481 e. The van der Waals surface area contributed by atoms with Crippen LogP contribution >= 0.6 is 0 Å². The van der Waals surface area contributed by atoms with Crippen LogP contribution in [0.3, 0.4) is 0 Å². The van der Waals surface area contributed by atoms with Gasteiger partial charge >= 0.3 is 12.1 Å². The third kappa shape index (κ3) is 4.90. The average Bonchev–Trinajstić information content (AvgIpc) is 3.14. The Morgan fingerprint density at radius 3 is 2.17 bits per heavy atom. The Labute approximate surface area is 206 Å². The summed E-state index contributed by atoms with van der Waals surface area (Å²) in [7, 11) is 0.